The van der Waals surface area contributed by atoms with Gasteiger partial charge in [0.2, 0.25) is 0 Å². The van der Waals surface area contributed by atoms with E-state index < -0.39 is 11.2 Å². The summed E-state index contributed by atoms with van der Waals surface area (Å²) in [5, 5.41) is 0.393. The normalized spacial score (nSPS) is 12.1. The third-order valence-electron chi connectivity index (χ3n) is 3.77. The third kappa shape index (κ3) is 2.41. The van der Waals surface area contributed by atoms with Gasteiger partial charge in [-0.15, -0.1) is 0 Å². The van der Waals surface area contributed by atoms with E-state index >= 15 is 0 Å². The molecule has 0 aliphatic rings. The number of halogens is 1. The number of fused-ring (bicyclic) bond motifs is 1. The Hall–Kier alpha value is -2.60. The van der Waals surface area contributed by atoms with Crippen molar-refractivity contribution in [2.75, 3.05) is 0 Å². The number of rotatable bonds is 2. The van der Waals surface area contributed by atoms with E-state index in [9.17, 15) is 9.59 Å². The van der Waals surface area contributed by atoms with E-state index in [1.807, 2.05) is 30.3 Å². The van der Waals surface area contributed by atoms with Gasteiger partial charge in [0.25, 0.3) is 5.56 Å². The molecule has 0 bridgehead atoms. The number of benzene rings is 1. The topological polar surface area (TPSA) is 61.8 Å². The fourth-order valence-corrected chi connectivity index (χ4v) is 2.85. The predicted molar refractivity (Wildman–Crippen MR) is 91.4 cm³/mol. The van der Waals surface area contributed by atoms with Gasteiger partial charge in [-0.1, -0.05) is 41.9 Å². The molecule has 0 aliphatic carbocycles. The molecule has 6 nitrogen and oxygen atoms in total. The molecule has 0 N–H and O–H groups in total. The summed E-state index contributed by atoms with van der Waals surface area (Å²) in [6.45, 7) is 0. The number of imidazole rings is 1. The van der Waals surface area contributed by atoms with E-state index in [4.69, 9.17) is 11.6 Å². The Bertz CT molecular complexity index is 1040. The molecular formula is C16H15ClN4O2. The lowest BCUT2D eigenvalue weighted by atomic mass is 10.2. The van der Waals surface area contributed by atoms with Gasteiger partial charge in [0, 0.05) is 21.1 Å². The summed E-state index contributed by atoms with van der Waals surface area (Å²) in [5.41, 5.74) is 0.736. The molecule has 7 heteroatoms. The minimum atomic E-state index is -0.436. The predicted octanol–water partition coefficient (Wildman–Crippen LogP) is 1.71. The van der Waals surface area contributed by atoms with E-state index in [0.717, 1.165) is 10.1 Å². The number of nitrogens with zero attached hydrogens (tertiary/aromatic N) is 4. The molecular weight excluding hydrogens is 316 g/mol. The zero-order chi connectivity index (χ0) is 16.7. The van der Waals surface area contributed by atoms with Crippen molar-refractivity contribution in [2.45, 2.75) is 0 Å². The summed E-state index contributed by atoms with van der Waals surface area (Å²) in [6, 6.07) is 9.56. The van der Waals surface area contributed by atoms with Crippen LogP contribution >= 0.6 is 11.6 Å². The highest BCUT2D eigenvalue weighted by molar-refractivity contribution is 6.50. The molecule has 0 saturated carbocycles. The van der Waals surface area contributed by atoms with Crippen molar-refractivity contribution in [3.8, 4) is 0 Å². The van der Waals surface area contributed by atoms with Gasteiger partial charge in [0.1, 0.15) is 5.65 Å². The minimum Gasteiger partial charge on any atom is -0.312 e. The Kier molecular flexibility index (Phi) is 3.69. The van der Waals surface area contributed by atoms with Crippen molar-refractivity contribution >= 4 is 33.9 Å². The van der Waals surface area contributed by atoms with E-state index in [1.165, 1.54) is 11.6 Å². The van der Waals surface area contributed by atoms with Crippen molar-refractivity contribution in [3.63, 3.8) is 0 Å². The Morgan fingerprint density at radius 2 is 1.70 bits per heavy atom. The molecule has 0 saturated heterocycles. The van der Waals surface area contributed by atoms with Crippen LogP contribution < -0.4 is 11.2 Å². The molecule has 2 aromatic heterocycles. The van der Waals surface area contributed by atoms with E-state index in [-0.39, 0.29) is 5.52 Å². The minimum absolute atomic E-state index is 0.215. The first kappa shape index (κ1) is 15.3. The van der Waals surface area contributed by atoms with Crippen LogP contribution in [0.15, 0.2) is 39.9 Å². The zero-order valence-corrected chi connectivity index (χ0v) is 13.7. The third-order valence-corrected chi connectivity index (χ3v) is 4.05. The molecule has 0 unspecified atom stereocenters. The maximum Gasteiger partial charge on any atom is 0.332 e. The van der Waals surface area contributed by atoms with Crippen molar-refractivity contribution in [2.24, 2.45) is 21.1 Å². The molecule has 2 heterocycles. The second-order valence-corrected chi connectivity index (χ2v) is 5.68. The second kappa shape index (κ2) is 5.55. The lowest BCUT2D eigenvalue weighted by Crippen LogP contribution is -2.37. The average Bonchev–Trinajstić information content (AvgIpc) is 2.89. The monoisotopic (exact) mass is 330 g/mol. The van der Waals surface area contributed by atoms with Crippen LogP contribution in [0.3, 0.4) is 0 Å². The van der Waals surface area contributed by atoms with Gasteiger partial charge in [-0.25, -0.2) is 9.78 Å². The van der Waals surface area contributed by atoms with Crippen LogP contribution in [0.5, 0.6) is 0 Å². The molecule has 0 radical (unpaired) electrons. The first-order valence-electron chi connectivity index (χ1n) is 6.97. The van der Waals surface area contributed by atoms with Crippen LogP contribution in [0.1, 0.15) is 11.4 Å². The fraction of sp³-hybridized carbons (Fsp3) is 0.188. The number of hydrogen-bond donors (Lipinski definition) is 0. The Morgan fingerprint density at radius 1 is 1.04 bits per heavy atom. The lowest BCUT2D eigenvalue weighted by molar-refractivity contribution is 0.697. The van der Waals surface area contributed by atoms with Crippen molar-refractivity contribution in [1.82, 2.24) is 18.7 Å². The summed E-state index contributed by atoms with van der Waals surface area (Å²) in [7, 11) is 4.76. The highest BCUT2D eigenvalue weighted by atomic mass is 35.5. The van der Waals surface area contributed by atoms with Crippen LogP contribution in [-0.4, -0.2) is 18.7 Å². The Balaban J connectivity index is 2.29. The summed E-state index contributed by atoms with van der Waals surface area (Å²) in [4.78, 5) is 28.7. The van der Waals surface area contributed by atoms with Gasteiger partial charge in [-0.3, -0.25) is 13.9 Å². The summed E-state index contributed by atoms with van der Waals surface area (Å²) in [6.07, 6.45) is 1.77. The van der Waals surface area contributed by atoms with Crippen LogP contribution in [-0.2, 0) is 21.1 Å². The summed E-state index contributed by atoms with van der Waals surface area (Å²) >= 11 is 6.38. The molecule has 23 heavy (non-hydrogen) atoms. The first-order valence-corrected chi connectivity index (χ1v) is 7.34. The SMILES string of the molecule is Cn1c(=O)c2nc(/C(Cl)=C/c3ccccc3)n(C)c2n(C)c1=O. The fourth-order valence-electron chi connectivity index (χ4n) is 2.55. The van der Waals surface area contributed by atoms with E-state index in [1.54, 1.807) is 24.7 Å². The highest BCUT2D eigenvalue weighted by Crippen LogP contribution is 2.23. The van der Waals surface area contributed by atoms with Crippen molar-refractivity contribution in [3.05, 3.63) is 62.6 Å². The zero-order valence-electron chi connectivity index (χ0n) is 12.9. The second-order valence-electron chi connectivity index (χ2n) is 5.28. The Morgan fingerprint density at radius 3 is 2.35 bits per heavy atom. The molecule has 3 aromatic rings. The van der Waals surface area contributed by atoms with Crippen LogP contribution in [0.25, 0.3) is 22.3 Å². The number of aromatic nitrogens is 4. The van der Waals surface area contributed by atoms with E-state index in [2.05, 4.69) is 4.98 Å². The van der Waals surface area contributed by atoms with Gasteiger partial charge in [0.05, 0.1) is 5.03 Å². The molecule has 0 amide bonds. The average molecular weight is 331 g/mol. The largest absolute Gasteiger partial charge is 0.332 e. The lowest BCUT2D eigenvalue weighted by Gasteiger charge is -2.06. The standard InChI is InChI=1S/C16H15ClN4O2/c1-19-13(11(17)9-10-7-5-4-6-8-10)18-12-14(19)20(2)16(23)21(3)15(12)22/h4-9H,1-3H3/b11-9-. The maximum atomic E-state index is 12.3. The van der Waals surface area contributed by atoms with Crippen molar-refractivity contribution < 1.29 is 0 Å². The highest BCUT2D eigenvalue weighted by Gasteiger charge is 2.18. The molecule has 3 rings (SSSR count). The van der Waals surface area contributed by atoms with Gasteiger partial charge in [-0.05, 0) is 11.6 Å². The number of hydrogen-bond acceptors (Lipinski definition) is 3. The molecule has 0 spiro atoms. The Labute approximate surface area is 136 Å². The summed E-state index contributed by atoms with van der Waals surface area (Å²) in [5.74, 6) is 0.434. The van der Waals surface area contributed by atoms with E-state index in [0.29, 0.717) is 16.5 Å². The first-order chi connectivity index (χ1) is 10.9. The maximum absolute atomic E-state index is 12.3. The van der Waals surface area contributed by atoms with Gasteiger partial charge < -0.3 is 4.57 Å². The smallest absolute Gasteiger partial charge is 0.312 e. The number of aryl methyl sites for hydroxylation is 2. The summed E-state index contributed by atoms with van der Waals surface area (Å²) < 4.78 is 4.08. The van der Waals surface area contributed by atoms with Crippen LogP contribution in [0, 0.1) is 0 Å². The van der Waals surface area contributed by atoms with Crippen LogP contribution in [0.4, 0.5) is 0 Å². The molecule has 0 fully saturated rings. The quantitative estimate of drug-likeness (QED) is 0.718. The van der Waals surface area contributed by atoms with Gasteiger partial charge >= 0.3 is 5.69 Å². The van der Waals surface area contributed by atoms with Gasteiger partial charge in [0.15, 0.2) is 11.3 Å². The van der Waals surface area contributed by atoms with Crippen molar-refractivity contribution in [1.29, 1.82) is 0 Å². The van der Waals surface area contributed by atoms with Crippen LogP contribution in [0.2, 0.25) is 0 Å². The molecule has 118 valence electrons. The molecule has 0 aliphatic heterocycles. The van der Waals surface area contributed by atoms with Gasteiger partial charge in [-0.2, -0.15) is 0 Å². The molecule has 1 aromatic carbocycles. The molecule has 0 atom stereocenters.